The third kappa shape index (κ3) is 4.80. The third-order valence-electron chi connectivity index (χ3n) is 4.35. The fraction of sp³-hybridized carbons (Fsp3) is 0.625. The molecule has 0 aromatic heterocycles. The quantitative estimate of drug-likeness (QED) is 0.848. The molecule has 1 aliphatic carbocycles. The first-order valence-electron chi connectivity index (χ1n) is 7.82. The van der Waals surface area contributed by atoms with Crippen molar-refractivity contribution in [2.24, 2.45) is 11.7 Å². The Morgan fingerprint density at radius 3 is 2.67 bits per heavy atom. The van der Waals surface area contributed by atoms with E-state index in [0.29, 0.717) is 12.5 Å². The van der Waals surface area contributed by atoms with Crippen LogP contribution < -0.4 is 10.5 Å². The lowest BCUT2D eigenvalue weighted by Gasteiger charge is -2.31. The van der Waals surface area contributed by atoms with E-state index in [4.69, 9.17) is 5.73 Å². The third-order valence-corrected chi connectivity index (χ3v) is 5.72. The van der Waals surface area contributed by atoms with Crippen molar-refractivity contribution < 1.29 is 8.42 Å². The van der Waals surface area contributed by atoms with Crippen molar-refractivity contribution in [3.8, 4) is 0 Å². The minimum atomic E-state index is -3.29. The average molecular weight is 310 g/mol. The Morgan fingerprint density at radius 2 is 1.95 bits per heavy atom. The Bertz CT molecular complexity index is 557. The molecule has 1 aromatic rings. The number of rotatable bonds is 6. The summed E-state index contributed by atoms with van der Waals surface area (Å²) in [7, 11) is -3.29. The molecule has 21 heavy (non-hydrogen) atoms. The van der Waals surface area contributed by atoms with Gasteiger partial charge in [-0.1, -0.05) is 50.5 Å². The van der Waals surface area contributed by atoms with Crippen molar-refractivity contribution in [3.05, 3.63) is 35.4 Å². The zero-order valence-electron chi connectivity index (χ0n) is 12.7. The summed E-state index contributed by atoms with van der Waals surface area (Å²) in [5.74, 6) is 0.511. The van der Waals surface area contributed by atoms with Crippen LogP contribution in [0, 0.1) is 5.92 Å². The van der Waals surface area contributed by atoms with E-state index in [1.807, 2.05) is 24.3 Å². The summed E-state index contributed by atoms with van der Waals surface area (Å²) in [4.78, 5) is 0. The number of hydrogen-bond acceptors (Lipinski definition) is 3. The van der Waals surface area contributed by atoms with Gasteiger partial charge in [-0.05, 0) is 29.9 Å². The highest BCUT2D eigenvalue weighted by molar-refractivity contribution is 7.88. The summed E-state index contributed by atoms with van der Waals surface area (Å²) in [6.45, 7) is 2.57. The van der Waals surface area contributed by atoms with Crippen molar-refractivity contribution >= 4 is 10.0 Å². The molecule has 4 nitrogen and oxygen atoms in total. The standard InChI is InChI=1S/C16H26N2O2S/c1-2-15-8-3-4-9-16(15)18-21(19,20)12-14-7-5-6-13(10-14)11-17/h5-7,10,15-16,18H,2-4,8-9,11-12,17H2,1H3. The van der Waals surface area contributed by atoms with Gasteiger partial charge in [0.2, 0.25) is 10.0 Å². The van der Waals surface area contributed by atoms with Crippen LogP contribution in [0.15, 0.2) is 24.3 Å². The molecule has 0 saturated heterocycles. The molecule has 2 rings (SSSR count). The van der Waals surface area contributed by atoms with Crippen LogP contribution >= 0.6 is 0 Å². The molecule has 3 N–H and O–H groups in total. The molecule has 0 spiro atoms. The number of sulfonamides is 1. The second-order valence-corrected chi connectivity index (χ2v) is 7.71. The molecule has 1 saturated carbocycles. The number of hydrogen-bond donors (Lipinski definition) is 2. The van der Waals surface area contributed by atoms with Crippen LogP contribution in [0.25, 0.3) is 0 Å². The summed E-state index contributed by atoms with van der Waals surface area (Å²) < 4.78 is 27.7. The maximum atomic E-state index is 12.4. The number of nitrogens with one attached hydrogen (secondary N) is 1. The highest BCUT2D eigenvalue weighted by atomic mass is 32.2. The van der Waals surface area contributed by atoms with E-state index >= 15 is 0 Å². The van der Waals surface area contributed by atoms with Gasteiger partial charge in [-0.3, -0.25) is 0 Å². The molecule has 0 heterocycles. The summed E-state index contributed by atoms with van der Waals surface area (Å²) in [5.41, 5.74) is 7.37. The first-order valence-corrected chi connectivity index (χ1v) is 9.47. The number of nitrogens with two attached hydrogens (primary N) is 1. The Hall–Kier alpha value is -0.910. The van der Waals surface area contributed by atoms with Crippen LogP contribution in [-0.2, 0) is 22.3 Å². The normalized spacial score (nSPS) is 23.1. The Morgan fingerprint density at radius 1 is 1.24 bits per heavy atom. The average Bonchev–Trinajstić information content (AvgIpc) is 2.47. The van der Waals surface area contributed by atoms with E-state index in [1.165, 1.54) is 6.42 Å². The predicted molar refractivity (Wildman–Crippen MR) is 86.1 cm³/mol. The maximum Gasteiger partial charge on any atom is 0.216 e. The van der Waals surface area contributed by atoms with Crippen LogP contribution in [0.3, 0.4) is 0 Å². The molecule has 118 valence electrons. The van der Waals surface area contributed by atoms with Crippen molar-refractivity contribution in [1.82, 2.24) is 4.72 Å². The van der Waals surface area contributed by atoms with Gasteiger partial charge in [-0.2, -0.15) is 0 Å². The fourth-order valence-corrected chi connectivity index (χ4v) is 4.66. The topological polar surface area (TPSA) is 72.2 Å². The van der Waals surface area contributed by atoms with Gasteiger partial charge in [-0.25, -0.2) is 13.1 Å². The smallest absolute Gasteiger partial charge is 0.216 e. The first-order chi connectivity index (χ1) is 10.0. The second-order valence-electron chi connectivity index (χ2n) is 5.96. The largest absolute Gasteiger partial charge is 0.326 e. The molecule has 1 fully saturated rings. The minimum absolute atomic E-state index is 0.0355. The van der Waals surface area contributed by atoms with Crippen molar-refractivity contribution in [1.29, 1.82) is 0 Å². The molecule has 0 bridgehead atoms. The van der Waals surface area contributed by atoms with Gasteiger partial charge in [0.1, 0.15) is 0 Å². The van der Waals surface area contributed by atoms with Crippen LogP contribution in [0.2, 0.25) is 0 Å². The molecule has 2 atom stereocenters. The summed E-state index contributed by atoms with van der Waals surface area (Å²) in [6, 6.07) is 7.60. The highest BCUT2D eigenvalue weighted by Gasteiger charge is 2.27. The van der Waals surface area contributed by atoms with Crippen molar-refractivity contribution in [3.63, 3.8) is 0 Å². The zero-order chi connectivity index (χ0) is 15.3. The van der Waals surface area contributed by atoms with Crippen molar-refractivity contribution in [2.45, 2.75) is 57.4 Å². The monoisotopic (exact) mass is 310 g/mol. The Kier molecular flexibility index (Phi) is 5.79. The predicted octanol–water partition coefficient (Wildman–Crippen LogP) is 2.53. The molecular formula is C16H26N2O2S. The molecule has 0 aliphatic heterocycles. The molecule has 1 aliphatic rings. The van der Waals surface area contributed by atoms with Gasteiger partial charge >= 0.3 is 0 Å². The van der Waals surface area contributed by atoms with Gasteiger partial charge in [-0.15, -0.1) is 0 Å². The molecule has 1 aromatic carbocycles. The highest BCUT2D eigenvalue weighted by Crippen LogP contribution is 2.27. The van der Waals surface area contributed by atoms with E-state index in [2.05, 4.69) is 11.6 Å². The van der Waals surface area contributed by atoms with E-state index < -0.39 is 10.0 Å². The first kappa shape index (κ1) is 16.5. The van der Waals surface area contributed by atoms with Crippen LogP contribution in [0.1, 0.15) is 50.2 Å². The molecular weight excluding hydrogens is 284 g/mol. The maximum absolute atomic E-state index is 12.4. The SMILES string of the molecule is CCC1CCCCC1NS(=O)(=O)Cc1cccc(CN)c1. The Labute approximate surface area is 128 Å². The van der Waals surface area contributed by atoms with E-state index in [-0.39, 0.29) is 11.8 Å². The van der Waals surface area contributed by atoms with Gasteiger partial charge in [0.05, 0.1) is 5.75 Å². The van der Waals surface area contributed by atoms with Gasteiger partial charge in [0.15, 0.2) is 0 Å². The van der Waals surface area contributed by atoms with Crippen LogP contribution in [0.4, 0.5) is 0 Å². The molecule has 0 radical (unpaired) electrons. The van der Waals surface area contributed by atoms with E-state index in [9.17, 15) is 8.42 Å². The lowest BCUT2D eigenvalue weighted by Crippen LogP contribution is -2.42. The van der Waals surface area contributed by atoms with E-state index in [0.717, 1.165) is 36.8 Å². The molecule has 5 heteroatoms. The summed E-state index contributed by atoms with van der Waals surface area (Å²) in [6.07, 6.45) is 5.46. The Balaban J connectivity index is 2.03. The van der Waals surface area contributed by atoms with Gasteiger partial charge < -0.3 is 5.73 Å². The van der Waals surface area contributed by atoms with E-state index in [1.54, 1.807) is 0 Å². The zero-order valence-corrected chi connectivity index (χ0v) is 13.5. The fourth-order valence-electron chi connectivity index (χ4n) is 3.19. The van der Waals surface area contributed by atoms with Crippen LogP contribution in [0.5, 0.6) is 0 Å². The second kappa shape index (κ2) is 7.38. The van der Waals surface area contributed by atoms with Gasteiger partial charge in [0.25, 0.3) is 0 Å². The summed E-state index contributed by atoms with van der Waals surface area (Å²) in [5, 5.41) is 0. The minimum Gasteiger partial charge on any atom is -0.326 e. The molecule has 2 unspecified atom stereocenters. The lowest BCUT2D eigenvalue weighted by atomic mass is 9.83. The number of benzene rings is 1. The van der Waals surface area contributed by atoms with Crippen molar-refractivity contribution in [2.75, 3.05) is 0 Å². The van der Waals surface area contributed by atoms with Crippen LogP contribution in [-0.4, -0.2) is 14.5 Å². The van der Waals surface area contributed by atoms with Gasteiger partial charge in [0, 0.05) is 12.6 Å². The summed E-state index contributed by atoms with van der Waals surface area (Å²) >= 11 is 0. The molecule has 0 amide bonds. The lowest BCUT2D eigenvalue weighted by molar-refractivity contribution is 0.282.